The van der Waals surface area contributed by atoms with Crippen LogP contribution in [0, 0.1) is 0 Å². The molecule has 0 aromatic heterocycles. The van der Waals surface area contributed by atoms with Crippen LogP contribution >= 0.6 is 0 Å². The lowest BCUT2D eigenvalue weighted by atomic mass is 10.2. The molecule has 0 radical (unpaired) electrons. The molecule has 0 N–H and O–H groups in total. The molecule has 106 valence electrons. The highest BCUT2D eigenvalue weighted by Crippen LogP contribution is 2.20. The van der Waals surface area contributed by atoms with Gasteiger partial charge in [-0.2, -0.15) is 4.31 Å². The Morgan fingerprint density at radius 3 is 2.26 bits per heavy atom. The third-order valence-electron chi connectivity index (χ3n) is 2.71. The Labute approximate surface area is 114 Å². The molecule has 6 heteroatoms. The van der Waals surface area contributed by atoms with E-state index in [4.69, 9.17) is 4.74 Å². The molecule has 19 heavy (non-hydrogen) atoms. The van der Waals surface area contributed by atoms with Gasteiger partial charge in [-0.25, -0.2) is 13.2 Å². The fourth-order valence-electron chi connectivity index (χ4n) is 1.77. The number of nitrogens with zero attached hydrogens (tertiary/aromatic N) is 1. The van der Waals surface area contributed by atoms with Gasteiger partial charge in [-0.05, 0) is 19.1 Å². The molecule has 0 amide bonds. The van der Waals surface area contributed by atoms with Gasteiger partial charge in [-0.15, -0.1) is 0 Å². The number of carbonyl (C=O) groups is 1. The summed E-state index contributed by atoms with van der Waals surface area (Å²) in [6, 6.07) is 6.11. The first kappa shape index (κ1) is 15.7. The maximum absolute atomic E-state index is 12.4. The second-order valence-corrected chi connectivity index (χ2v) is 5.71. The summed E-state index contributed by atoms with van der Waals surface area (Å²) in [5.41, 5.74) is 0.0799. The van der Waals surface area contributed by atoms with E-state index in [-0.39, 0.29) is 17.1 Å². The van der Waals surface area contributed by atoms with Crippen LogP contribution in [0.1, 0.15) is 31.1 Å². The van der Waals surface area contributed by atoms with E-state index in [0.29, 0.717) is 13.1 Å². The van der Waals surface area contributed by atoms with Crippen molar-refractivity contribution in [2.75, 3.05) is 19.7 Å². The maximum atomic E-state index is 12.4. The van der Waals surface area contributed by atoms with Gasteiger partial charge in [0.15, 0.2) is 0 Å². The summed E-state index contributed by atoms with van der Waals surface area (Å²) in [4.78, 5) is 11.8. The van der Waals surface area contributed by atoms with Crippen LogP contribution in [0.5, 0.6) is 0 Å². The van der Waals surface area contributed by atoms with Crippen molar-refractivity contribution in [3.8, 4) is 0 Å². The van der Waals surface area contributed by atoms with Gasteiger partial charge >= 0.3 is 5.97 Å². The van der Waals surface area contributed by atoms with E-state index in [2.05, 4.69) is 0 Å². The topological polar surface area (TPSA) is 63.7 Å². The number of carbonyl (C=O) groups excluding carboxylic acids is 1. The smallest absolute Gasteiger partial charge is 0.339 e. The summed E-state index contributed by atoms with van der Waals surface area (Å²) in [5, 5.41) is 0. The minimum Gasteiger partial charge on any atom is -0.462 e. The van der Waals surface area contributed by atoms with Gasteiger partial charge in [0.2, 0.25) is 10.0 Å². The van der Waals surface area contributed by atoms with Crippen molar-refractivity contribution in [3.63, 3.8) is 0 Å². The lowest BCUT2D eigenvalue weighted by Crippen LogP contribution is -2.31. The molecule has 0 bridgehead atoms. The molecular weight excluding hydrogens is 266 g/mol. The second-order valence-electron chi connectivity index (χ2n) is 3.81. The third kappa shape index (κ3) is 3.33. The zero-order valence-corrected chi connectivity index (χ0v) is 12.2. The summed E-state index contributed by atoms with van der Waals surface area (Å²) < 4.78 is 31.1. The van der Waals surface area contributed by atoms with Crippen LogP contribution in [-0.4, -0.2) is 38.4 Å². The number of hydrogen-bond donors (Lipinski definition) is 0. The molecule has 0 saturated heterocycles. The molecule has 0 atom stereocenters. The van der Waals surface area contributed by atoms with Crippen molar-refractivity contribution in [3.05, 3.63) is 29.8 Å². The summed E-state index contributed by atoms with van der Waals surface area (Å²) in [5.74, 6) is -0.617. The van der Waals surface area contributed by atoms with Crippen LogP contribution in [0.3, 0.4) is 0 Å². The number of benzene rings is 1. The average Bonchev–Trinajstić information content (AvgIpc) is 2.40. The Kier molecular flexibility index (Phi) is 5.50. The fourth-order valence-corrected chi connectivity index (χ4v) is 3.41. The van der Waals surface area contributed by atoms with E-state index in [1.807, 2.05) is 0 Å². The molecule has 0 aliphatic carbocycles. The highest BCUT2D eigenvalue weighted by Gasteiger charge is 2.27. The Morgan fingerprint density at radius 1 is 1.16 bits per heavy atom. The largest absolute Gasteiger partial charge is 0.462 e. The van der Waals surface area contributed by atoms with E-state index in [1.54, 1.807) is 32.9 Å². The van der Waals surface area contributed by atoms with Crippen molar-refractivity contribution in [1.29, 1.82) is 0 Å². The highest BCUT2D eigenvalue weighted by atomic mass is 32.2. The number of ether oxygens (including phenoxy) is 1. The maximum Gasteiger partial charge on any atom is 0.339 e. The average molecular weight is 285 g/mol. The van der Waals surface area contributed by atoms with Crippen LogP contribution in [0.15, 0.2) is 29.2 Å². The first-order valence-corrected chi connectivity index (χ1v) is 7.69. The predicted molar refractivity (Wildman–Crippen MR) is 72.5 cm³/mol. The Hall–Kier alpha value is -1.40. The summed E-state index contributed by atoms with van der Waals surface area (Å²) in [6.45, 7) is 6.12. The normalized spacial score (nSPS) is 11.6. The fraction of sp³-hybridized carbons (Fsp3) is 0.462. The molecule has 5 nitrogen and oxygen atoms in total. The van der Waals surface area contributed by atoms with Gasteiger partial charge in [-0.3, -0.25) is 0 Å². The van der Waals surface area contributed by atoms with Gasteiger partial charge in [0.05, 0.1) is 17.1 Å². The predicted octanol–water partition coefficient (Wildman–Crippen LogP) is 1.89. The SMILES string of the molecule is CCOC(=O)c1ccccc1S(=O)(=O)N(CC)CC. The molecule has 0 heterocycles. The Morgan fingerprint density at radius 2 is 1.74 bits per heavy atom. The Balaban J connectivity index is 3.31. The summed E-state index contributed by atoms with van der Waals surface area (Å²) in [7, 11) is -3.66. The molecular formula is C13H19NO4S. The molecule has 1 rings (SSSR count). The van der Waals surface area contributed by atoms with Crippen LogP contribution in [0.25, 0.3) is 0 Å². The lowest BCUT2D eigenvalue weighted by molar-refractivity contribution is 0.0521. The monoisotopic (exact) mass is 285 g/mol. The first-order chi connectivity index (χ1) is 8.98. The molecule has 0 aliphatic heterocycles. The minimum atomic E-state index is -3.66. The quantitative estimate of drug-likeness (QED) is 0.749. The van der Waals surface area contributed by atoms with E-state index in [0.717, 1.165) is 0 Å². The van der Waals surface area contributed by atoms with Gasteiger partial charge in [-0.1, -0.05) is 26.0 Å². The zero-order chi connectivity index (χ0) is 14.5. The van der Waals surface area contributed by atoms with Crippen molar-refractivity contribution in [1.82, 2.24) is 4.31 Å². The minimum absolute atomic E-state index is 0.00264. The molecule has 0 unspecified atom stereocenters. The molecule has 0 spiro atoms. The van der Waals surface area contributed by atoms with Gasteiger partial charge in [0, 0.05) is 13.1 Å². The number of sulfonamides is 1. The molecule has 0 fully saturated rings. The lowest BCUT2D eigenvalue weighted by Gasteiger charge is -2.19. The first-order valence-electron chi connectivity index (χ1n) is 6.25. The van der Waals surface area contributed by atoms with E-state index >= 15 is 0 Å². The van der Waals surface area contributed by atoms with Crippen molar-refractivity contribution < 1.29 is 17.9 Å². The number of rotatable bonds is 6. The van der Waals surface area contributed by atoms with Crippen LogP contribution in [0.4, 0.5) is 0 Å². The summed E-state index contributed by atoms with van der Waals surface area (Å²) >= 11 is 0. The number of hydrogen-bond acceptors (Lipinski definition) is 4. The van der Waals surface area contributed by atoms with Crippen molar-refractivity contribution >= 4 is 16.0 Å². The van der Waals surface area contributed by atoms with Crippen LogP contribution in [0.2, 0.25) is 0 Å². The van der Waals surface area contributed by atoms with Gasteiger partial charge in [0.25, 0.3) is 0 Å². The van der Waals surface area contributed by atoms with Crippen LogP contribution in [-0.2, 0) is 14.8 Å². The third-order valence-corrected chi connectivity index (χ3v) is 4.81. The van der Waals surface area contributed by atoms with Crippen molar-refractivity contribution in [2.24, 2.45) is 0 Å². The summed E-state index contributed by atoms with van der Waals surface area (Å²) in [6.07, 6.45) is 0. The molecule has 1 aromatic carbocycles. The molecule has 1 aromatic rings. The van der Waals surface area contributed by atoms with Crippen molar-refractivity contribution in [2.45, 2.75) is 25.7 Å². The zero-order valence-electron chi connectivity index (χ0n) is 11.4. The highest BCUT2D eigenvalue weighted by molar-refractivity contribution is 7.89. The van der Waals surface area contributed by atoms with E-state index in [1.165, 1.54) is 16.4 Å². The number of esters is 1. The Bertz CT molecular complexity index is 535. The molecule has 0 saturated carbocycles. The van der Waals surface area contributed by atoms with Gasteiger partial charge in [0.1, 0.15) is 0 Å². The second kappa shape index (κ2) is 6.68. The van der Waals surface area contributed by atoms with Crippen LogP contribution < -0.4 is 0 Å². The van der Waals surface area contributed by atoms with E-state index in [9.17, 15) is 13.2 Å². The van der Waals surface area contributed by atoms with Gasteiger partial charge < -0.3 is 4.74 Å². The standard InChI is InChI=1S/C13H19NO4S/c1-4-14(5-2)19(16,17)12-10-8-7-9-11(12)13(15)18-6-3/h7-10H,4-6H2,1-3H3. The molecule has 0 aliphatic rings. The van der Waals surface area contributed by atoms with E-state index < -0.39 is 16.0 Å².